The first kappa shape index (κ1) is 28.0. The fraction of sp³-hybridized carbons (Fsp3) is 0.455. The molecule has 3 amide bonds. The first-order chi connectivity index (χ1) is 16.9. The summed E-state index contributed by atoms with van der Waals surface area (Å²) < 4.78 is 0. The van der Waals surface area contributed by atoms with Crippen molar-refractivity contribution in [3.8, 4) is 5.75 Å². The number of nitrogens with two attached hydrogens (primary N) is 1. The molecule has 0 spiro atoms. The molecule has 4 unspecified atom stereocenters. The maximum Gasteiger partial charge on any atom is 0.326 e. The number of nitrogens with one attached hydrogen (secondary N) is 2. The number of aliphatic carboxylic acids is 3. The Morgan fingerprint density at radius 2 is 1.47 bits per heavy atom. The number of carboxylic acids is 3. The molecule has 196 valence electrons. The normalized spacial score (nSPS) is 17.5. The molecule has 4 atom stereocenters. The van der Waals surface area contributed by atoms with Crippen molar-refractivity contribution < 1.29 is 49.2 Å². The molecule has 0 radical (unpaired) electrons. The summed E-state index contributed by atoms with van der Waals surface area (Å²) in [4.78, 5) is 73.2. The molecule has 1 aliphatic rings. The van der Waals surface area contributed by atoms with Crippen molar-refractivity contribution in [3.63, 3.8) is 0 Å². The second-order valence-electron chi connectivity index (χ2n) is 8.32. The fourth-order valence-electron chi connectivity index (χ4n) is 3.78. The molecule has 1 saturated heterocycles. The topological polar surface area (TPSA) is 237 Å². The van der Waals surface area contributed by atoms with Crippen molar-refractivity contribution in [1.82, 2.24) is 15.5 Å². The molecule has 1 fully saturated rings. The molecule has 0 bridgehead atoms. The van der Waals surface area contributed by atoms with Gasteiger partial charge in [-0.1, -0.05) is 12.1 Å². The minimum atomic E-state index is -1.70. The van der Waals surface area contributed by atoms with Gasteiger partial charge in [0.2, 0.25) is 17.7 Å². The Morgan fingerprint density at radius 1 is 0.917 bits per heavy atom. The van der Waals surface area contributed by atoms with Crippen LogP contribution < -0.4 is 16.4 Å². The van der Waals surface area contributed by atoms with Crippen LogP contribution in [0.2, 0.25) is 0 Å². The van der Waals surface area contributed by atoms with Crippen LogP contribution in [0.25, 0.3) is 0 Å². The third-order valence-corrected chi connectivity index (χ3v) is 5.55. The first-order valence-electron chi connectivity index (χ1n) is 11.0. The number of aromatic hydroxyl groups is 1. The summed E-state index contributed by atoms with van der Waals surface area (Å²) in [5.74, 6) is -7.17. The van der Waals surface area contributed by atoms with Crippen LogP contribution in [0, 0.1) is 0 Å². The highest BCUT2D eigenvalue weighted by molar-refractivity contribution is 5.97. The molecule has 14 heteroatoms. The van der Waals surface area contributed by atoms with Gasteiger partial charge in [-0.25, -0.2) is 4.79 Å². The van der Waals surface area contributed by atoms with E-state index in [4.69, 9.17) is 5.73 Å². The number of carboxylic acid groups (broad SMARTS) is 3. The maximum atomic E-state index is 12.9. The monoisotopic (exact) mass is 508 g/mol. The summed E-state index contributed by atoms with van der Waals surface area (Å²) in [7, 11) is 0. The van der Waals surface area contributed by atoms with Crippen molar-refractivity contribution >= 4 is 35.6 Å². The lowest BCUT2D eigenvalue weighted by Gasteiger charge is -2.28. The molecule has 8 N–H and O–H groups in total. The number of amides is 3. The summed E-state index contributed by atoms with van der Waals surface area (Å²) in [5, 5.41) is 41.3. The smallest absolute Gasteiger partial charge is 0.326 e. The number of benzene rings is 1. The molecule has 36 heavy (non-hydrogen) atoms. The van der Waals surface area contributed by atoms with Crippen LogP contribution >= 0.6 is 0 Å². The van der Waals surface area contributed by atoms with Crippen LogP contribution in [0.4, 0.5) is 0 Å². The Kier molecular flexibility index (Phi) is 9.73. The van der Waals surface area contributed by atoms with Gasteiger partial charge in [-0.15, -0.1) is 0 Å². The summed E-state index contributed by atoms with van der Waals surface area (Å²) >= 11 is 0. The van der Waals surface area contributed by atoms with Gasteiger partial charge in [-0.3, -0.25) is 24.0 Å². The molecular formula is C22H28N4O10. The molecule has 2 rings (SSSR count). The number of hydrogen-bond donors (Lipinski definition) is 7. The maximum absolute atomic E-state index is 12.9. The lowest BCUT2D eigenvalue weighted by molar-refractivity contribution is -0.151. The van der Waals surface area contributed by atoms with Gasteiger partial charge in [0, 0.05) is 6.54 Å². The zero-order valence-electron chi connectivity index (χ0n) is 19.1. The second kappa shape index (κ2) is 12.5. The number of hydrogen-bond acceptors (Lipinski definition) is 8. The number of nitrogens with zero attached hydrogens (tertiary/aromatic N) is 1. The Hall–Kier alpha value is -4.20. The van der Waals surface area contributed by atoms with Gasteiger partial charge in [-0.05, 0) is 37.0 Å². The summed E-state index contributed by atoms with van der Waals surface area (Å²) in [6.07, 6.45) is -1.25. The fourth-order valence-corrected chi connectivity index (χ4v) is 3.78. The average molecular weight is 508 g/mol. The molecule has 1 aromatic carbocycles. The number of rotatable bonds is 12. The van der Waals surface area contributed by atoms with Crippen LogP contribution in [0.15, 0.2) is 24.3 Å². The number of phenols is 1. The molecular weight excluding hydrogens is 480 g/mol. The third-order valence-electron chi connectivity index (χ3n) is 5.55. The Labute approximate surface area is 205 Å². The van der Waals surface area contributed by atoms with Crippen LogP contribution in [-0.4, -0.2) is 91.7 Å². The minimum absolute atomic E-state index is 0.000808. The van der Waals surface area contributed by atoms with Crippen LogP contribution in [-0.2, 0) is 35.2 Å². The molecule has 14 nitrogen and oxygen atoms in total. The highest BCUT2D eigenvalue weighted by Gasteiger charge is 2.39. The van der Waals surface area contributed by atoms with Crippen molar-refractivity contribution in [2.24, 2.45) is 5.73 Å². The molecule has 0 aromatic heterocycles. The van der Waals surface area contributed by atoms with E-state index in [0.29, 0.717) is 12.0 Å². The predicted molar refractivity (Wildman–Crippen MR) is 121 cm³/mol. The zero-order valence-corrected chi connectivity index (χ0v) is 19.1. The molecule has 0 aliphatic carbocycles. The van der Waals surface area contributed by atoms with Gasteiger partial charge in [0.1, 0.15) is 23.9 Å². The van der Waals surface area contributed by atoms with Gasteiger partial charge in [0.15, 0.2) is 0 Å². The summed E-state index contributed by atoms with van der Waals surface area (Å²) in [5.41, 5.74) is 6.44. The molecule has 1 heterocycles. The largest absolute Gasteiger partial charge is 0.508 e. The van der Waals surface area contributed by atoms with Crippen molar-refractivity contribution in [1.29, 1.82) is 0 Å². The van der Waals surface area contributed by atoms with Crippen LogP contribution in [0.1, 0.15) is 31.2 Å². The molecule has 1 aromatic rings. The van der Waals surface area contributed by atoms with E-state index in [1.165, 1.54) is 24.3 Å². The van der Waals surface area contributed by atoms with Gasteiger partial charge >= 0.3 is 17.9 Å². The van der Waals surface area contributed by atoms with Crippen LogP contribution in [0.5, 0.6) is 5.75 Å². The van der Waals surface area contributed by atoms with E-state index in [2.05, 4.69) is 10.6 Å². The van der Waals surface area contributed by atoms with Gasteiger partial charge in [-0.2, -0.15) is 0 Å². The summed E-state index contributed by atoms with van der Waals surface area (Å²) in [6, 6.07) is 0.0518. The van der Waals surface area contributed by atoms with E-state index in [-0.39, 0.29) is 25.1 Å². The number of carbonyl (C=O) groups is 6. The highest BCUT2D eigenvalue weighted by Crippen LogP contribution is 2.19. The predicted octanol–water partition coefficient (Wildman–Crippen LogP) is -1.74. The third kappa shape index (κ3) is 7.94. The Balaban J connectivity index is 2.13. The number of likely N-dealkylation sites (tertiary alicyclic amines) is 1. The van der Waals surface area contributed by atoms with Gasteiger partial charge < -0.3 is 41.7 Å². The second-order valence-corrected chi connectivity index (χ2v) is 8.32. The van der Waals surface area contributed by atoms with Gasteiger partial charge in [0.25, 0.3) is 0 Å². The molecule has 0 saturated carbocycles. The van der Waals surface area contributed by atoms with Gasteiger partial charge in [0.05, 0.1) is 18.9 Å². The van der Waals surface area contributed by atoms with E-state index in [1.807, 2.05) is 0 Å². The zero-order chi connectivity index (χ0) is 27.0. The number of phenolic OH excluding ortho intramolecular Hbond substituents is 1. The first-order valence-corrected chi connectivity index (χ1v) is 11.0. The van der Waals surface area contributed by atoms with Crippen molar-refractivity contribution in [2.45, 2.75) is 56.3 Å². The highest BCUT2D eigenvalue weighted by atomic mass is 16.4. The van der Waals surface area contributed by atoms with Crippen LogP contribution in [0.3, 0.4) is 0 Å². The van der Waals surface area contributed by atoms with E-state index in [1.54, 1.807) is 0 Å². The minimum Gasteiger partial charge on any atom is -0.508 e. The lowest BCUT2D eigenvalue weighted by atomic mass is 10.0. The quantitative estimate of drug-likeness (QED) is 0.167. The van der Waals surface area contributed by atoms with Crippen molar-refractivity contribution in [2.75, 3.05) is 6.54 Å². The average Bonchev–Trinajstić information content (AvgIpc) is 3.28. The van der Waals surface area contributed by atoms with Crippen molar-refractivity contribution in [3.05, 3.63) is 29.8 Å². The molecule has 1 aliphatic heterocycles. The lowest BCUT2D eigenvalue weighted by Crippen LogP contribution is -2.58. The Morgan fingerprint density at radius 3 is 2.03 bits per heavy atom. The Bertz CT molecular complexity index is 1010. The van der Waals surface area contributed by atoms with E-state index in [9.17, 15) is 49.2 Å². The standard InChI is InChI=1S/C22H28N4O10/c23-13(8-11-3-5-12(27)6-4-11)19(32)24-14(9-17(28)29)20(33)25-15(10-18(30)31)21(34)26-7-1-2-16(26)22(35)36/h3-6,13-16,27H,1-2,7-10,23H2,(H,24,32)(H,25,33)(H,28,29)(H,30,31)(H,35,36). The van der Waals surface area contributed by atoms with E-state index < -0.39 is 72.6 Å². The van der Waals surface area contributed by atoms with E-state index in [0.717, 1.165) is 4.90 Å². The summed E-state index contributed by atoms with van der Waals surface area (Å²) in [6.45, 7) is 0.0448. The number of carbonyl (C=O) groups excluding carboxylic acids is 3. The SMILES string of the molecule is NC(Cc1ccc(O)cc1)C(=O)NC(CC(=O)O)C(=O)NC(CC(=O)O)C(=O)N1CCCC1C(=O)O. The van der Waals surface area contributed by atoms with E-state index >= 15 is 0 Å².